The molecular weight excluding hydrogens is 512 g/mol. The molecule has 0 saturated heterocycles. The van der Waals surface area contributed by atoms with E-state index in [1.165, 1.54) is 4.90 Å². The Balaban J connectivity index is 1.46. The van der Waals surface area contributed by atoms with Crippen LogP contribution in [0.15, 0.2) is 120 Å². The Labute approximate surface area is 229 Å². The molecule has 0 aromatic heterocycles. The average molecular weight is 533 g/mol. The summed E-state index contributed by atoms with van der Waals surface area (Å²) in [6.45, 7) is 0.157. The summed E-state index contributed by atoms with van der Waals surface area (Å²) in [6.07, 6.45) is 1.83. The van der Waals surface area contributed by atoms with Gasteiger partial charge in [0.25, 0.3) is 11.8 Å². The smallest absolute Gasteiger partial charge is 0.276 e. The fourth-order valence-corrected chi connectivity index (χ4v) is 5.51. The molecule has 4 aromatic carbocycles. The number of carbonyl (C=O) groups is 2. The number of ether oxygens (including phenoxy) is 2. The molecule has 3 aliphatic heterocycles. The number of rotatable bonds is 4. The van der Waals surface area contributed by atoms with E-state index < -0.39 is 6.04 Å². The molecule has 1 atom stereocenters. The van der Waals surface area contributed by atoms with Crippen molar-refractivity contribution >= 4 is 40.9 Å². The lowest BCUT2D eigenvalue weighted by Crippen LogP contribution is -2.38. The van der Waals surface area contributed by atoms with E-state index in [-0.39, 0.29) is 18.6 Å². The Bertz CT molecular complexity index is 1680. The number of anilines is 2. The number of carbonyl (C=O) groups excluding carboxylic acids is 2. The van der Waals surface area contributed by atoms with E-state index in [9.17, 15) is 9.59 Å². The molecule has 0 N–H and O–H groups in total. The second kappa shape index (κ2) is 9.19. The monoisotopic (exact) mass is 532 g/mol. The van der Waals surface area contributed by atoms with Crippen LogP contribution in [0.25, 0.3) is 6.08 Å². The van der Waals surface area contributed by atoms with Crippen LogP contribution in [0.5, 0.6) is 11.5 Å². The highest BCUT2D eigenvalue weighted by atomic mass is 35.5. The summed E-state index contributed by atoms with van der Waals surface area (Å²) in [4.78, 5) is 31.7. The highest BCUT2D eigenvalue weighted by molar-refractivity contribution is 6.31. The zero-order valence-electron chi connectivity index (χ0n) is 20.6. The van der Waals surface area contributed by atoms with Gasteiger partial charge in [0.05, 0.1) is 6.04 Å². The van der Waals surface area contributed by atoms with Gasteiger partial charge in [-0.25, -0.2) is 0 Å². The Morgan fingerprint density at radius 2 is 1.41 bits per heavy atom. The fourth-order valence-electron chi connectivity index (χ4n) is 5.38. The van der Waals surface area contributed by atoms with E-state index in [0.29, 0.717) is 39.1 Å². The summed E-state index contributed by atoms with van der Waals surface area (Å²) in [5, 5.41) is 0.591. The van der Waals surface area contributed by atoms with Crippen molar-refractivity contribution in [3.8, 4) is 11.5 Å². The fraction of sp³-hybridized carbons (Fsp3) is 0.0625. The standard InChI is InChI=1S/C32H21ClN2O4/c33-22-14-12-21(13-15-22)29-28-25(17-20-11-16-26-27(18-20)39-19-38-26)31(36)35(24-9-5-2-6-10-24)30(28)32(37)34(29)23-7-3-1-4-8-23/h1-18,29H,19H2/b25-17-. The number of amides is 2. The maximum absolute atomic E-state index is 14.3. The van der Waals surface area contributed by atoms with Crippen LogP contribution in [0.4, 0.5) is 11.4 Å². The van der Waals surface area contributed by atoms with Crippen LogP contribution in [0.1, 0.15) is 17.2 Å². The summed E-state index contributed by atoms with van der Waals surface area (Å²) < 4.78 is 11.0. The van der Waals surface area contributed by atoms with E-state index >= 15 is 0 Å². The molecule has 0 saturated carbocycles. The van der Waals surface area contributed by atoms with E-state index in [4.69, 9.17) is 21.1 Å². The van der Waals surface area contributed by atoms with Crippen LogP contribution in [-0.4, -0.2) is 18.6 Å². The number of hydrogen-bond donors (Lipinski definition) is 0. The molecular formula is C32H21ClN2O4. The van der Waals surface area contributed by atoms with Gasteiger partial charge in [0.2, 0.25) is 6.79 Å². The Kier molecular flexibility index (Phi) is 5.49. The number of para-hydroxylation sites is 2. The van der Waals surface area contributed by atoms with Gasteiger partial charge in [-0.05, 0) is 65.7 Å². The van der Waals surface area contributed by atoms with Crippen LogP contribution in [0.3, 0.4) is 0 Å². The van der Waals surface area contributed by atoms with Crippen LogP contribution in [0, 0.1) is 0 Å². The SMILES string of the molecule is O=C1/C(=C\c2ccc3c(c2)OCO3)C2=C(C(=O)N(c3ccccc3)C2c2ccc(Cl)cc2)N1c1ccccc1. The highest BCUT2D eigenvalue weighted by Gasteiger charge is 2.52. The lowest BCUT2D eigenvalue weighted by atomic mass is 9.93. The molecule has 7 heteroatoms. The first-order valence-corrected chi connectivity index (χ1v) is 12.9. The predicted molar refractivity (Wildman–Crippen MR) is 150 cm³/mol. The molecule has 0 spiro atoms. The first kappa shape index (κ1) is 23.3. The Morgan fingerprint density at radius 3 is 2.13 bits per heavy atom. The van der Waals surface area contributed by atoms with E-state index in [1.54, 1.807) is 17.0 Å². The van der Waals surface area contributed by atoms with Crippen LogP contribution >= 0.6 is 11.6 Å². The number of hydrogen-bond acceptors (Lipinski definition) is 4. The van der Waals surface area contributed by atoms with Gasteiger partial charge in [0.1, 0.15) is 5.70 Å². The zero-order chi connectivity index (χ0) is 26.5. The molecule has 0 radical (unpaired) electrons. The first-order chi connectivity index (χ1) is 19.1. The van der Waals surface area contributed by atoms with E-state index in [0.717, 1.165) is 16.8 Å². The molecule has 39 heavy (non-hydrogen) atoms. The predicted octanol–water partition coefficient (Wildman–Crippen LogP) is 6.54. The Morgan fingerprint density at radius 1 is 0.744 bits per heavy atom. The van der Waals surface area contributed by atoms with Gasteiger partial charge in [-0.2, -0.15) is 0 Å². The second-order valence-corrected chi connectivity index (χ2v) is 9.81. The largest absolute Gasteiger partial charge is 0.454 e. The van der Waals surface area contributed by atoms with Gasteiger partial charge in [0.15, 0.2) is 11.5 Å². The molecule has 0 bridgehead atoms. The third kappa shape index (κ3) is 3.80. The number of benzene rings is 4. The zero-order valence-corrected chi connectivity index (χ0v) is 21.3. The van der Waals surface area contributed by atoms with Crippen LogP contribution in [0.2, 0.25) is 5.02 Å². The van der Waals surface area contributed by atoms with Gasteiger partial charge in [-0.15, -0.1) is 0 Å². The van der Waals surface area contributed by atoms with Crippen molar-refractivity contribution < 1.29 is 19.1 Å². The van der Waals surface area contributed by atoms with Crippen molar-refractivity contribution in [2.24, 2.45) is 0 Å². The second-order valence-electron chi connectivity index (χ2n) is 9.37. The van der Waals surface area contributed by atoms with Gasteiger partial charge < -0.3 is 9.47 Å². The lowest BCUT2D eigenvalue weighted by molar-refractivity contribution is -0.118. The van der Waals surface area contributed by atoms with Crippen molar-refractivity contribution in [1.82, 2.24) is 0 Å². The van der Waals surface area contributed by atoms with Crippen LogP contribution < -0.4 is 19.3 Å². The molecule has 1 unspecified atom stereocenters. The minimum atomic E-state index is -0.537. The molecule has 190 valence electrons. The molecule has 0 fully saturated rings. The van der Waals surface area contributed by atoms with Crippen molar-refractivity contribution in [1.29, 1.82) is 0 Å². The molecule has 2 amide bonds. The Hall–Kier alpha value is -4.81. The average Bonchev–Trinajstić information content (AvgIpc) is 3.63. The summed E-state index contributed by atoms with van der Waals surface area (Å²) in [5.74, 6) is 0.768. The minimum Gasteiger partial charge on any atom is -0.454 e. The maximum Gasteiger partial charge on any atom is 0.276 e. The third-order valence-corrected chi connectivity index (χ3v) is 7.35. The van der Waals surface area contributed by atoms with Crippen molar-refractivity contribution in [2.45, 2.75) is 6.04 Å². The van der Waals surface area contributed by atoms with Gasteiger partial charge in [-0.1, -0.05) is 66.2 Å². The summed E-state index contributed by atoms with van der Waals surface area (Å²) in [7, 11) is 0. The minimum absolute atomic E-state index is 0.157. The number of nitrogens with zero attached hydrogens (tertiary/aromatic N) is 2. The quantitative estimate of drug-likeness (QED) is 0.280. The van der Waals surface area contributed by atoms with Crippen molar-refractivity contribution in [2.75, 3.05) is 16.6 Å². The number of fused-ring (bicyclic) bond motifs is 1. The normalized spacial score (nSPS) is 18.9. The molecule has 0 aliphatic carbocycles. The summed E-state index contributed by atoms with van der Waals surface area (Å²) in [6, 6.07) is 31.2. The van der Waals surface area contributed by atoms with E-state index in [2.05, 4.69) is 0 Å². The number of halogens is 1. The third-order valence-electron chi connectivity index (χ3n) is 7.10. The first-order valence-electron chi connectivity index (χ1n) is 12.5. The topological polar surface area (TPSA) is 59.1 Å². The highest BCUT2D eigenvalue weighted by Crippen LogP contribution is 2.51. The van der Waals surface area contributed by atoms with Gasteiger partial charge in [-0.3, -0.25) is 19.4 Å². The molecule has 4 aromatic rings. The van der Waals surface area contributed by atoms with Crippen molar-refractivity contribution in [3.05, 3.63) is 136 Å². The molecule has 3 aliphatic rings. The maximum atomic E-state index is 14.3. The lowest BCUT2D eigenvalue weighted by Gasteiger charge is -2.30. The van der Waals surface area contributed by atoms with Gasteiger partial charge in [0, 0.05) is 27.5 Å². The van der Waals surface area contributed by atoms with E-state index in [1.807, 2.05) is 97.1 Å². The van der Waals surface area contributed by atoms with Gasteiger partial charge >= 0.3 is 0 Å². The van der Waals surface area contributed by atoms with Crippen LogP contribution in [-0.2, 0) is 9.59 Å². The summed E-state index contributed by atoms with van der Waals surface area (Å²) >= 11 is 6.23. The summed E-state index contributed by atoms with van der Waals surface area (Å²) in [5.41, 5.74) is 4.42. The molecule has 7 rings (SSSR count). The molecule has 6 nitrogen and oxygen atoms in total. The van der Waals surface area contributed by atoms with Crippen molar-refractivity contribution in [3.63, 3.8) is 0 Å². The molecule has 3 heterocycles.